The minimum absolute atomic E-state index is 0.295. The third-order valence-electron chi connectivity index (χ3n) is 3.83. The molecule has 0 aliphatic carbocycles. The monoisotopic (exact) mass is 285 g/mol. The number of aromatic nitrogens is 4. The first-order valence-electron chi connectivity index (χ1n) is 6.79. The SMILES string of the molecule is Cn1cnnc1[C@H]1CCCN1c1nc2ccccc2s1. The van der Waals surface area contributed by atoms with Crippen LogP contribution >= 0.6 is 11.3 Å². The molecule has 1 aliphatic rings. The van der Waals surface area contributed by atoms with Gasteiger partial charge in [-0.05, 0) is 25.0 Å². The number of anilines is 1. The van der Waals surface area contributed by atoms with Gasteiger partial charge in [-0.2, -0.15) is 0 Å². The van der Waals surface area contributed by atoms with Crippen molar-refractivity contribution < 1.29 is 0 Å². The second-order valence-corrected chi connectivity index (χ2v) is 6.12. The van der Waals surface area contributed by atoms with Crippen molar-refractivity contribution in [1.82, 2.24) is 19.7 Å². The summed E-state index contributed by atoms with van der Waals surface area (Å²) in [7, 11) is 2.00. The Balaban J connectivity index is 1.75. The summed E-state index contributed by atoms with van der Waals surface area (Å²) in [6.07, 6.45) is 4.06. The van der Waals surface area contributed by atoms with Crippen molar-refractivity contribution in [3.63, 3.8) is 0 Å². The highest BCUT2D eigenvalue weighted by molar-refractivity contribution is 7.22. The van der Waals surface area contributed by atoms with E-state index in [0.29, 0.717) is 6.04 Å². The first kappa shape index (κ1) is 11.8. The molecule has 2 aromatic heterocycles. The van der Waals surface area contributed by atoms with Gasteiger partial charge in [-0.15, -0.1) is 10.2 Å². The Kier molecular flexibility index (Phi) is 2.70. The summed E-state index contributed by atoms with van der Waals surface area (Å²) in [6.45, 7) is 1.04. The molecule has 1 aliphatic heterocycles. The van der Waals surface area contributed by atoms with Crippen LogP contribution in [0.15, 0.2) is 30.6 Å². The largest absolute Gasteiger partial charge is 0.338 e. The lowest BCUT2D eigenvalue weighted by atomic mass is 10.2. The number of thiazole rings is 1. The molecule has 1 saturated heterocycles. The van der Waals surface area contributed by atoms with E-state index in [4.69, 9.17) is 4.98 Å². The molecule has 1 atom stereocenters. The molecule has 0 N–H and O–H groups in total. The molecular weight excluding hydrogens is 270 g/mol. The van der Waals surface area contributed by atoms with Crippen LogP contribution in [0.25, 0.3) is 10.2 Å². The van der Waals surface area contributed by atoms with E-state index in [2.05, 4.69) is 33.3 Å². The van der Waals surface area contributed by atoms with Crippen molar-refractivity contribution >= 4 is 26.7 Å². The summed E-state index contributed by atoms with van der Waals surface area (Å²) in [5, 5.41) is 9.38. The number of para-hydroxylation sites is 1. The van der Waals surface area contributed by atoms with Crippen molar-refractivity contribution in [3.8, 4) is 0 Å². The minimum Gasteiger partial charge on any atom is -0.338 e. The highest BCUT2D eigenvalue weighted by Crippen LogP contribution is 2.38. The second kappa shape index (κ2) is 4.56. The smallest absolute Gasteiger partial charge is 0.187 e. The van der Waals surface area contributed by atoms with Gasteiger partial charge in [0.15, 0.2) is 11.0 Å². The van der Waals surface area contributed by atoms with Crippen LogP contribution in [0.1, 0.15) is 24.7 Å². The lowest BCUT2D eigenvalue weighted by molar-refractivity contribution is 0.628. The van der Waals surface area contributed by atoms with Gasteiger partial charge in [-0.3, -0.25) is 0 Å². The Morgan fingerprint density at radius 2 is 2.20 bits per heavy atom. The van der Waals surface area contributed by atoms with E-state index in [0.717, 1.165) is 29.4 Å². The van der Waals surface area contributed by atoms with Crippen LogP contribution in [-0.2, 0) is 7.05 Å². The number of fused-ring (bicyclic) bond motifs is 1. The van der Waals surface area contributed by atoms with Gasteiger partial charge in [0.1, 0.15) is 6.33 Å². The summed E-state index contributed by atoms with van der Waals surface area (Å²) < 4.78 is 3.25. The van der Waals surface area contributed by atoms with Gasteiger partial charge >= 0.3 is 0 Å². The van der Waals surface area contributed by atoms with Gasteiger partial charge in [-0.25, -0.2) is 4.98 Å². The maximum atomic E-state index is 4.77. The van der Waals surface area contributed by atoms with Crippen LogP contribution in [0.5, 0.6) is 0 Å². The van der Waals surface area contributed by atoms with Crippen molar-refractivity contribution in [2.75, 3.05) is 11.4 Å². The van der Waals surface area contributed by atoms with E-state index in [1.165, 1.54) is 11.1 Å². The number of nitrogens with zero attached hydrogens (tertiary/aromatic N) is 5. The fraction of sp³-hybridized carbons (Fsp3) is 0.357. The molecule has 0 radical (unpaired) electrons. The fourth-order valence-corrected chi connectivity index (χ4v) is 3.88. The zero-order valence-corrected chi connectivity index (χ0v) is 12.0. The average molecular weight is 285 g/mol. The van der Waals surface area contributed by atoms with Gasteiger partial charge in [0.05, 0.1) is 16.3 Å². The zero-order valence-electron chi connectivity index (χ0n) is 11.2. The summed E-state index contributed by atoms with van der Waals surface area (Å²) in [6, 6.07) is 8.60. The van der Waals surface area contributed by atoms with E-state index in [-0.39, 0.29) is 0 Å². The van der Waals surface area contributed by atoms with Crippen molar-refractivity contribution in [2.45, 2.75) is 18.9 Å². The van der Waals surface area contributed by atoms with E-state index >= 15 is 0 Å². The van der Waals surface area contributed by atoms with E-state index in [9.17, 15) is 0 Å². The van der Waals surface area contributed by atoms with Crippen LogP contribution in [0, 0.1) is 0 Å². The van der Waals surface area contributed by atoms with Crippen LogP contribution in [-0.4, -0.2) is 26.3 Å². The maximum Gasteiger partial charge on any atom is 0.187 e. The van der Waals surface area contributed by atoms with Crippen LogP contribution < -0.4 is 4.90 Å². The summed E-state index contributed by atoms with van der Waals surface area (Å²) in [5.41, 5.74) is 1.08. The minimum atomic E-state index is 0.295. The molecule has 0 bridgehead atoms. The van der Waals surface area contributed by atoms with E-state index in [1.54, 1.807) is 17.7 Å². The van der Waals surface area contributed by atoms with Crippen molar-refractivity contribution in [2.24, 2.45) is 7.05 Å². The lowest BCUT2D eigenvalue weighted by Crippen LogP contribution is -2.24. The fourth-order valence-electron chi connectivity index (χ4n) is 2.84. The van der Waals surface area contributed by atoms with E-state index in [1.807, 2.05) is 17.7 Å². The van der Waals surface area contributed by atoms with Gasteiger partial charge < -0.3 is 9.47 Å². The number of rotatable bonds is 2. The molecule has 0 saturated carbocycles. The molecule has 5 nitrogen and oxygen atoms in total. The quantitative estimate of drug-likeness (QED) is 0.726. The molecular formula is C14H15N5S. The highest BCUT2D eigenvalue weighted by Gasteiger charge is 2.31. The van der Waals surface area contributed by atoms with Gasteiger partial charge in [0.2, 0.25) is 0 Å². The molecule has 3 heterocycles. The van der Waals surface area contributed by atoms with Crippen LogP contribution in [0.3, 0.4) is 0 Å². The Morgan fingerprint density at radius 3 is 3.00 bits per heavy atom. The molecule has 0 spiro atoms. The summed E-state index contributed by atoms with van der Waals surface area (Å²) >= 11 is 1.76. The maximum absolute atomic E-state index is 4.77. The Morgan fingerprint density at radius 1 is 1.30 bits per heavy atom. The molecule has 1 aromatic carbocycles. The van der Waals surface area contributed by atoms with Crippen LogP contribution in [0.4, 0.5) is 5.13 Å². The van der Waals surface area contributed by atoms with Gasteiger partial charge in [0, 0.05) is 13.6 Å². The molecule has 3 aromatic rings. The van der Waals surface area contributed by atoms with Crippen molar-refractivity contribution in [3.05, 3.63) is 36.4 Å². The number of aryl methyl sites for hydroxylation is 1. The normalized spacial score (nSPS) is 19.1. The third-order valence-corrected chi connectivity index (χ3v) is 4.90. The first-order chi connectivity index (χ1) is 9.83. The molecule has 6 heteroatoms. The predicted octanol–water partition coefficient (Wildman–Crippen LogP) is 2.77. The Hall–Kier alpha value is -1.95. The molecule has 4 rings (SSSR count). The molecule has 1 fully saturated rings. The Labute approximate surface area is 120 Å². The molecule has 102 valence electrons. The standard InChI is InChI=1S/C14H15N5S/c1-18-9-15-17-13(18)11-6-4-8-19(11)14-16-10-5-2-3-7-12(10)20-14/h2-3,5,7,9,11H,4,6,8H2,1H3/t11-/m1/s1. The Bertz CT molecular complexity index is 714. The van der Waals surface area contributed by atoms with Crippen LogP contribution in [0.2, 0.25) is 0 Å². The number of benzene rings is 1. The topological polar surface area (TPSA) is 46.8 Å². The van der Waals surface area contributed by atoms with Gasteiger partial charge in [0.25, 0.3) is 0 Å². The van der Waals surface area contributed by atoms with Crippen molar-refractivity contribution in [1.29, 1.82) is 0 Å². The molecule has 0 unspecified atom stereocenters. The van der Waals surface area contributed by atoms with Gasteiger partial charge in [-0.1, -0.05) is 23.5 Å². The highest BCUT2D eigenvalue weighted by atomic mass is 32.1. The molecule has 20 heavy (non-hydrogen) atoms. The third kappa shape index (κ3) is 1.79. The molecule has 0 amide bonds. The second-order valence-electron chi connectivity index (χ2n) is 5.12. The predicted molar refractivity (Wildman–Crippen MR) is 79.9 cm³/mol. The zero-order chi connectivity index (χ0) is 13.5. The average Bonchev–Trinajstić information content (AvgIpc) is 3.15. The first-order valence-corrected chi connectivity index (χ1v) is 7.61. The summed E-state index contributed by atoms with van der Waals surface area (Å²) in [5.74, 6) is 1.03. The number of hydrogen-bond donors (Lipinski definition) is 0. The number of hydrogen-bond acceptors (Lipinski definition) is 5. The lowest BCUT2D eigenvalue weighted by Gasteiger charge is -2.22. The van der Waals surface area contributed by atoms with E-state index < -0.39 is 0 Å². The summed E-state index contributed by atoms with van der Waals surface area (Å²) in [4.78, 5) is 7.14.